The number of likely N-dealkylation sites (tertiary alicyclic amines) is 1. The fourth-order valence-electron chi connectivity index (χ4n) is 4.71. The number of carbonyl (C=O) groups excluding carboxylic acids is 2. The Hall–Kier alpha value is -2.75. The molecule has 0 radical (unpaired) electrons. The van der Waals surface area contributed by atoms with Crippen molar-refractivity contribution in [2.75, 3.05) is 40.3 Å². The van der Waals surface area contributed by atoms with Crippen molar-refractivity contribution in [2.45, 2.75) is 46.1 Å². The molecule has 0 aromatic carbocycles. The van der Waals surface area contributed by atoms with Crippen LogP contribution in [0.15, 0.2) is 4.52 Å². The van der Waals surface area contributed by atoms with E-state index in [-0.39, 0.29) is 17.2 Å². The highest BCUT2D eigenvalue weighted by Crippen LogP contribution is 2.41. The SMILES string of the molecule is Cc1noc(C)c1C(=O)N1CCC2(CCc3nnc(C(=O)NCCN(C)C)n3CC2)C1. The Bertz CT molecular complexity index is 960. The van der Waals surface area contributed by atoms with Crippen LogP contribution in [0.1, 0.15) is 57.5 Å². The van der Waals surface area contributed by atoms with Crippen LogP contribution in [0, 0.1) is 19.3 Å². The van der Waals surface area contributed by atoms with Crippen molar-refractivity contribution in [1.29, 1.82) is 0 Å². The van der Waals surface area contributed by atoms with Gasteiger partial charge in [-0.2, -0.15) is 0 Å². The van der Waals surface area contributed by atoms with Crippen LogP contribution < -0.4 is 5.32 Å². The molecule has 0 aliphatic carbocycles. The molecule has 2 aromatic rings. The van der Waals surface area contributed by atoms with E-state index in [1.54, 1.807) is 13.8 Å². The number of amides is 2. The molecule has 10 nitrogen and oxygen atoms in total. The van der Waals surface area contributed by atoms with Crippen LogP contribution in [0.4, 0.5) is 0 Å². The van der Waals surface area contributed by atoms with Gasteiger partial charge in [-0.3, -0.25) is 9.59 Å². The summed E-state index contributed by atoms with van der Waals surface area (Å²) in [6.07, 6.45) is 3.52. The van der Waals surface area contributed by atoms with E-state index in [2.05, 4.69) is 20.7 Å². The molecule has 1 fully saturated rings. The van der Waals surface area contributed by atoms with Gasteiger partial charge in [-0.05, 0) is 52.6 Å². The summed E-state index contributed by atoms with van der Waals surface area (Å²) in [7, 11) is 3.94. The van der Waals surface area contributed by atoms with Gasteiger partial charge in [-0.1, -0.05) is 5.16 Å². The van der Waals surface area contributed by atoms with Crippen molar-refractivity contribution in [3.63, 3.8) is 0 Å². The maximum Gasteiger partial charge on any atom is 0.289 e. The molecule has 2 aliphatic rings. The summed E-state index contributed by atoms with van der Waals surface area (Å²) in [6.45, 7) is 7.04. The molecule has 2 aliphatic heterocycles. The number of hydrogen-bond donors (Lipinski definition) is 1. The van der Waals surface area contributed by atoms with Crippen molar-refractivity contribution in [2.24, 2.45) is 5.41 Å². The second-order valence-electron chi connectivity index (χ2n) is 9.08. The van der Waals surface area contributed by atoms with Gasteiger partial charge in [0.15, 0.2) is 0 Å². The molecule has 1 atom stereocenters. The second-order valence-corrected chi connectivity index (χ2v) is 9.08. The van der Waals surface area contributed by atoms with Gasteiger partial charge < -0.3 is 24.2 Å². The normalized spacial score (nSPS) is 20.9. The first-order valence-corrected chi connectivity index (χ1v) is 10.9. The number of carbonyl (C=O) groups is 2. The minimum atomic E-state index is -0.182. The maximum atomic E-state index is 13.1. The van der Waals surface area contributed by atoms with E-state index in [4.69, 9.17) is 4.52 Å². The van der Waals surface area contributed by atoms with Gasteiger partial charge in [-0.15, -0.1) is 10.2 Å². The molecule has 168 valence electrons. The van der Waals surface area contributed by atoms with Crippen molar-refractivity contribution < 1.29 is 14.1 Å². The Kier molecular flexibility index (Phi) is 5.83. The Morgan fingerprint density at radius 3 is 2.65 bits per heavy atom. The zero-order valence-corrected chi connectivity index (χ0v) is 18.8. The maximum absolute atomic E-state index is 13.1. The Morgan fingerprint density at radius 1 is 1.16 bits per heavy atom. The molecule has 4 heterocycles. The zero-order chi connectivity index (χ0) is 22.2. The third-order valence-corrected chi connectivity index (χ3v) is 6.59. The molecule has 1 N–H and O–H groups in total. The lowest BCUT2D eigenvalue weighted by Crippen LogP contribution is -2.34. The number of rotatable bonds is 5. The zero-order valence-electron chi connectivity index (χ0n) is 18.8. The smallest absolute Gasteiger partial charge is 0.289 e. The summed E-state index contributed by atoms with van der Waals surface area (Å²) in [5.74, 6) is 1.62. The average molecular weight is 430 g/mol. The van der Waals surface area contributed by atoms with Crippen LogP contribution in [0.25, 0.3) is 0 Å². The summed E-state index contributed by atoms with van der Waals surface area (Å²) in [5, 5.41) is 15.3. The van der Waals surface area contributed by atoms with Crippen LogP contribution in [-0.2, 0) is 13.0 Å². The van der Waals surface area contributed by atoms with Gasteiger partial charge in [-0.25, -0.2) is 0 Å². The molecule has 2 amide bonds. The summed E-state index contributed by atoms with van der Waals surface area (Å²) in [5.41, 5.74) is 1.26. The number of hydrogen-bond acceptors (Lipinski definition) is 7. The molecular formula is C21H31N7O3. The highest BCUT2D eigenvalue weighted by atomic mass is 16.5. The monoisotopic (exact) mass is 429 g/mol. The number of likely N-dealkylation sites (N-methyl/N-ethyl adjacent to an activating group) is 1. The van der Waals surface area contributed by atoms with E-state index < -0.39 is 0 Å². The summed E-state index contributed by atoms with van der Waals surface area (Å²) >= 11 is 0. The number of aryl methyl sites for hydroxylation is 3. The Morgan fingerprint density at radius 2 is 1.94 bits per heavy atom. The van der Waals surface area contributed by atoms with Gasteiger partial charge in [0.05, 0.1) is 5.69 Å². The number of nitrogens with zero attached hydrogens (tertiary/aromatic N) is 6. The summed E-state index contributed by atoms with van der Waals surface area (Å²) < 4.78 is 7.14. The van der Waals surface area contributed by atoms with E-state index in [0.717, 1.165) is 44.6 Å². The lowest BCUT2D eigenvalue weighted by molar-refractivity contribution is 0.0764. The minimum Gasteiger partial charge on any atom is -0.361 e. The van der Waals surface area contributed by atoms with Crippen LogP contribution in [-0.4, -0.2) is 81.8 Å². The first-order chi connectivity index (χ1) is 14.8. The van der Waals surface area contributed by atoms with E-state index in [1.807, 2.05) is 28.5 Å². The van der Waals surface area contributed by atoms with Crippen molar-refractivity contribution in [1.82, 2.24) is 35.0 Å². The second kappa shape index (κ2) is 8.41. The van der Waals surface area contributed by atoms with Gasteiger partial charge >= 0.3 is 0 Å². The summed E-state index contributed by atoms with van der Waals surface area (Å²) in [6, 6.07) is 0. The van der Waals surface area contributed by atoms with Crippen molar-refractivity contribution >= 4 is 11.8 Å². The first kappa shape index (κ1) is 21.5. The standard InChI is InChI=1S/C21H31N7O3/c1-14-17(15(2)31-25-14)20(30)27-10-7-21(13-27)6-5-16-23-24-18(28(16)11-8-21)19(29)22-9-12-26(3)4/h5-13H2,1-4H3,(H,22,29). The van der Waals surface area contributed by atoms with Crippen LogP contribution in [0.5, 0.6) is 0 Å². The van der Waals surface area contributed by atoms with Gasteiger partial charge in [0.2, 0.25) is 5.82 Å². The molecular weight excluding hydrogens is 398 g/mol. The molecule has 0 bridgehead atoms. The number of nitrogens with one attached hydrogen (secondary N) is 1. The molecule has 1 unspecified atom stereocenters. The van der Waals surface area contributed by atoms with Crippen molar-refractivity contribution in [3.8, 4) is 0 Å². The third kappa shape index (κ3) is 4.21. The molecule has 1 saturated heterocycles. The van der Waals surface area contributed by atoms with E-state index >= 15 is 0 Å². The first-order valence-electron chi connectivity index (χ1n) is 10.9. The lowest BCUT2D eigenvalue weighted by atomic mass is 9.80. The van der Waals surface area contributed by atoms with E-state index in [1.165, 1.54) is 0 Å². The average Bonchev–Trinajstić information content (AvgIpc) is 3.38. The molecule has 10 heteroatoms. The highest BCUT2D eigenvalue weighted by molar-refractivity contribution is 5.96. The predicted molar refractivity (Wildman–Crippen MR) is 113 cm³/mol. The molecule has 31 heavy (non-hydrogen) atoms. The van der Waals surface area contributed by atoms with Gasteiger partial charge in [0.1, 0.15) is 17.1 Å². The molecule has 2 aromatic heterocycles. The molecule has 4 rings (SSSR count). The topological polar surface area (TPSA) is 109 Å². The number of aromatic nitrogens is 4. The number of fused-ring (bicyclic) bond motifs is 1. The fourth-order valence-corrected chi connectivity index (χ4v) is 4.71. The fraction of sp³-hybridized carbons (Fsp3) is 0.667. The molecule has 0 saturated carbocycles. The van der Waals surface area contributed by atoms with Crippen LogP contribution in [0.2, 0.25) is 0 Å². The van der Waals surface area contributed by atoms with Crippen LogP contribution in [0.3, 0.4) is 0 Å². The lowest BCUT2D eigenvalue weighted by Gasteiger charge is -2.27. The van der Waals surface area contributed by atoms with Gasteiger partial charge in [0, 0.05) is 39.1 Å². The highest BCUT2D eigenvalue weighted by Gasteiger charge is 2.42. The van der Waals surface area contributed by atoms with Crippen LogP contribution >= 0.6 is 0 Å². The quantitative estimate of drug-likeness (QED) is 0.756. The predicted octanol–water partition coefficient (Wildman–Crippen LogP) is 1.04. The van der Waals surface area contributed by atoms with Crippen molar-refractivity contribution in [3.05, 3.63) is 28.7 Å². The largest absolute Gasteiger partial charge is 0.361 e. The minimum absolute atomic E-state index is 0.00210. The Labute approximate surface area is 182 Å². The Balaban J connectivity index is 1.42. The van der Waals surface area contributed by atoms with E-state index in [9.17, 15) is 9.59 Å². The van der Waals surface area contributed by atoms with Gasteiger partial charge in [0.25, 0.3) is 11.8 Å². The third-order valence-electron chi connectivity index (χ3n) is 6.59. The van der Waals surface area contributed by atoms with E-state index in [0.29, 0.717) is 42.5 Å². The summed E-state index contributed by atoms with van der Waals surface area (Å²) in [4.78, 5) is 29.6. The molecule has 1 spiro atoms.